The fourth-order valence-corrected chi connectivity index (χ4v) is 1.69. The standard InChI is InChI=1S/C10H11NO3S/c1-7(12)5-8-3-4-9(15-2)6-10(8)11(13)14/h3-4,6H,5H2,1-2H3. The van der Waals surface area contributed by atoms with Crippen molar-refractivity contribution in [3.05, 3.63) is 33.9 Å². The van der Waals surface area contributed by atoms with Crippen molar-refractivity contribution in [1.29, 1.82) is 0 Å². The summed E-state index contributed by atoms with van der Waals surface area (Å²) >= 11 is 1.44. The lowest BCUT2D eigenvalue weighted by molar-refractivity contribution is -0.385. The molecule has 0 heterocycles. The van der Waals surface area contributed by atoms with Crippen LogP contribution in [0.15, 0.2) is 23.1 Å². The summed E-state index contributed by atoms with van der Waals surface area (Å²) < 4.78 is 0. The first kappa shape index (κ1) is 11.7. The van der Waals surface area contributed by atoms with Crippen LogP contribution in [-0.2, 0) is 11.2 Å². The molecule has 1 aromatic rings. The van der Waals surface area contributed by atoms with E-state index in [1.807, 2.05) is 6.26 Å². The van der Waals surface area contributed by atoms with Gasteiger partial charge in [0.25, 0.3) is 5.69 Å². The van der Waals surface area contributed by atoms with E-state index in [1.54, 1.807) is 12.1 Å². The monoisotopic (exact) mass is 225 g/mol. The minimum Gasteiger partial charge on any atom is -0.300 e. The van der Waals surface area contributed by atoms with Gasteiger partial charge in [-0.2, -0.15) is 0 Å². The van der Waals surface area contributed by atoms with E-state index < -0.39 is 4.92 Å². The molecule has 0 N–H and O–H groups in total. The van der Waals surface area contributed by atoms with E-state index in [9.17, 15) is 14.9 Å². The second-order valence-electron chi connectivity index (χ2n) is 3.13. The Labute approximate surface area is 91.8 Å². The van der Waals surface area contributed by atoms with Crippen LogP contribution in [0.2, 0.25) is 0 Å². The van der Waals surface area contributed by atoms with Gasteiger partial charge in [0.05, 0.1) is 4.92 Å². The van der Waals surface area contributed by atoms with E-state index in [1.165, 1.54) is 24.8 Å². The van der Waals surface area contributed by atoms with Gasteiger partial charge in [-0.3, -0.25) is 14.9 Å². The van der Waals surface area contributed by atoms with Gasteiger partial charge >= 0.3 is 0 Å². The van der Waals surface area contributed by atoms with Crippen LogP contribution >= 0.6 is 11.8 Å². The summed E-state index contributed by atoms with van der Waals surface area (Å²) in [5.74, 6) is -0.0741. The Balaban J connectivity index is 3.15. The molecule has 0 spiro atoms. The van der Waals surface area contributed by atoms with E-state index in [4.69, 9.17) is 0 Å². The first-order chi connectivity index (χ1) is 7.04. The molecule has 0 atom stereocenters. The molecule has 0 bridgehead atoms. The molecular formula is C10H11NO3S. The Morgan fingerprint density at radius 3 is 2.67 bits per heavy atom. The Bertz CT molecular complexity index is 404. The number of hydrogen-bond acceptors (Lipinski definition) is 4. The summed E-state index contributed by atoms with van der Waals surface area (Å²) in [6.45, 7) is 1.42. The van der Waals surface area contributed by atoms with Crippen molar-refractivity contribution in [1.82, 2.24) is 0 Å². The molecule has 15 heavy (non-hydrogen) atoms. The molecule has 0 unspecified atom stereocenters. The molecule has 0 fully saturated rings. The molecule has 1 aromatic carbocycles. The van der Waals surface area contributed by atoms with Gasteiger partial charge in [0, 0.05) is 22.9 Å². The van der Waals surface area contributed by atoms with Crippen molar-refractivity contribution in [2.75, 3.05) is 6.26 Å². The largest absolute Gasteiger partial charge is 0.300 e. The minimum absolute atomic E-state index is 0.0250. The summed E-state index contributed by atoms with van der Waals surface area (Å²) in [5.41, 5.74) is 0.502. The first-order valence-corrected chi connectivity index (χ1v) is 5.58. The van der Waals surface area contributed by atoms with E-state index in [0.29, 0.717) is 5.56 Å². The van der Waals surface area contributed by atoms with Crippen LogP contribution in [0.3, 0.4) is 0 Å². The molecule has 0 aromatic heterocycles. The molecule has 0 saturated carbocycles. The third-order valence-electron chi connectivity index (χ3n) is 1.93. The fourth-order valence-electron chi connectivity index (χ4n) is 1.26. The molecule has 0 aliphatic carbocycles. The zero-order valence-electron chi connectivity index (χ0n) is 8.52. The maximum atomic E-state index is 10.9. The minimum atomic E-state index is -0.446. The van der Waals surface area contributed by atoms with Crippen LogP contribution in [-0.4, -0.2) is 17.0 Å². The first-order valence-electron chi connectivity index (χ1n) is 4.35. The van der Waals surface area contributed by atoms with Crippen LogP contribution in [0, 0.1) is 10.1 Å². The molecular weight excluding hydrogens is 214 g/mol. The third kappa shape index (κ3) is 3.06. The van der Waals surface area contributed by atoms with E-state index in [2.05, 4.69) is 0 Å². The summed E-state index contributed by atoms with van der Waals surface area (Å²) in [5, 5.41) is 10.8. The van der Waals surface area contributed by atoms with E-state index in [-0.39, 0.29) is 17.9 Å². The van der Waals surface area contributed by atoms with Crippen molar-refractivity contribution >= 4 is 23.2 Å². The highest BCUT2D eigenvalue weighted by molar-refractivity contribution is 7.98. The number of hydrogen-bond donors (Lipinski definition) is 0. The van der Waals surface area contributed by atoms with Gasteiger partial charge in [-0.05, 0) is 19.2 Å². The molecule has 0 aliphatic rings. The zero-order valence-corrected chi connectivity index (χ0v) is 9.34. The lowest BCUT2D eigenvalue weighted by atomic mass is 10.1. The summed E-state index contributed by atoms with van der Waals surface area (Å²) in [6.07, 6.45) is 1.97. The second-order valence-corrected chi connectivity index (χ2v) is 4.01. The number of Topliss-reactive ketones (excluding diaryl/α,β-unsaturated/α-hetero) is 1. The number of benzene rings is 1. The number of thioether (sulfide) groups is 1. The van der Waals surface area contributed by atoms with Crippen LogP contribution in [0.4, 0.5) is 5.69 Å². The van der Waals surface area contributed by atoms with Gasteiger partial charge in [-0.15, -0.1) is 11.8 Å². The zero-order chi connectivity index (χ0) is 11.4. The Morgan fingerprint density at radius 1 is 1.53 bits per heavy atom. The van der Waals surface area contributed by atoms with Crippen LogP contribution in [0.1, 0.15) is 12.5 Å². The molecule has 1 rings (SSSR count). The number of carbonyl (C=O) groups excluding carboxylic acids is 1. The Morgan fingerprint density at radius 2 is 2.20 bits per heavy atom. The Hall–Kier alpha value is -1.36. The average molecular weight is 225 g/mol. The Kier molecular flexibility index (Phi) is 3.85. The van der Waals surface area contributed by atoms with Crippen LogP contribution in [0.5, 0.6) is 0 Å². The number of nitro benzene ring substituents is 1. The summed E-state index contributed by atoms with van der Waals surface area (Å²) in [6, 6.07) is 4.93. The molecule has 5 heteroatoms. The smallest absolute Gasteiger partial charge is 0.274 e. The van der Waals surface area contributed by atoms with Gasteiger partial charge in [0.2, 0.25) is 0 Å². The highest BCUT2D eigenvalue weighted by Gasteiger charge is 2.15. The predicted octanol–water partition coefficient (Wildman–Crippen LogP) is 2.45. The summed E-state index contributed by atoms with van der Waals surface area (Å²) in [4.78, 5) is 22.1. The van der Waals surface area contributed by atoms with Crippen molar-refractivity contribution < 1.29 is 9.72 Å². The molecule has 0 saturated heterocycles. The lowest BCUT2D eigenvalue weighted by Crippen LogP contribution is -2.01. The number of nitrogens with zero attached hydrogens (tertiary/aromatic N) is 1. The van der Waals surface area contributed by atoms with Crippen LogP contribution < -0.4 is 0 Å². The molecule has 0 aliphatic heterocycles. The molecule has 0 amide bonds. The molecule has 4 nitrogen and oxygen atoms in total. The maximum Gasteiger partial charge on any atom is 0.274 e. The fraction of sp³-hybridized carbons (Fsp3) is 0.300. The SMILES string of the molecule is CSc1ccc(CC(C)=O)c([N+](=O)[O-])c1. The predicted molar refractivity (Wildman–Crippen MR) is 59.3 cm³/mol. The maximum absolute atomic E-state index is 10.9. The second kappa shape index (κ2) is 4.93. The quantitative estimate of drug-likeness (QED) is 0.448. The highest BCUT2D eigenvalue weighted by Crippen LogP contribution is 2.25. The van der Waals surface area contributed by atoms with Gasteiger partial charge in [-0.1, -0.05) is 6.07 Å². The third-order valence-corrected chi connectivity index (χ3v) is 2.65. The van der Waals surface area contributed by atoms with E-state index >= 15 is 0 Å². The number of carbonyl (C=O) groups is 1. The normalized spacial score (nSPS) is 10.0. The number of nitro groups is 1. The van der Waals surface area contributed by atoms with Gasteiger partial charge in [0.1, 0.15) is 5.78 Å². The lowest BCUT2D eigenvalue weighted by Gasteiger charge is -2.02. The highest BCUT2D eigenvalue weighted by atomic mass is 32.2. The summed E-state index contributed by atoms with van der Waals surface area (Å²) in [7, 11) is 0. The number of ketones is 1. The van der Waals surface area contributed by atoms with Crippen molar-refractivity contribution in [2.45, 2.75) is 18.2 Å². The molecule has 0 radical (unpaired) electrons. The van der Waals surface area contributed by atoms with Crippen molar-refractivity contribution in [2.24, 2.45) is 0 Å². The number of rotatable bonds is 4. The van der Waals surface area contributed by atoms with Gasteiger partial charge < -0.3 is 0 Å². The van der Waals surface area contributed by atoms with E-state index in [0.717, 1.165) is 4.90 Å². The van der Waals surface area contributed by atoms with Gasteiger partial charge in [0.15, 0.2) is 0 Å². The topological polar surface area (TPSA) is 60.2 Å². The van der Waals surface area contributed by atoms with Crippen molar-refractivity contribution in [3.8, 4) is 0 Å². The average Bonchev–Trinajstić information content (AvgIpc) is 2.17. The van der Waals surface area contributed by atoms with Crippen LogP contribution in [0.25, 0.3) is 0 Å². The van der Waals surface area contributed by atoms with Crippen molar-refractivity contribution in [3.63, 3.8) is 0 Å². The molecule has 80 valence electrons. The van der Waals surface area contributed by atoms with Gasteiger partial charge in [-0.25, -0.2) is 0 Å².